The zero-order valence-electron chi connectivity index (χ0n) is 9.05. The highest BCUT2D eigenvalue weighted by Crippen LogP contribution is 2.12. The highest BCUT2D eigenvalue weighted by atomic mass is 32.2. The van der Waals surface area contributed by atoms with Gasteiger partial charge in [0.05, 0.1) is 11.5 Å². The summed E-state index contributed by atoms with van der Waals surface area (Å²) < 4.78 is 26.0. The Morgan fingerprint density at radius 1 is 1.38 bits per heavy atom. The van der Waals surface area contributed by atoms with Crippen molar-refractivity contribution in [1.82, 2.24) is 4.72 Å². The van der Waals surface area contributed by atoms with Crippen LogP contribution in [0.3, 0.4) is 0 Å². The lowest BCUT2D eigenvalue weighted by atomic mass is 10.3. The van der Waals surface area contributed by atoms with E-state index in [1.54, 1.807) is 6.92 Å². The highest BCUT2D eigenvalue weighted by Gasteiger charge is 2.17. The molecular formula is C10H16N2O3S. The van der Waals surface area contributed by atoms with Gasteiger partial charge in [-0.2, -0.15) is 0 Å². The second kappa shape index (κ2) is 5.29. The largest absolute Gasteiger partial charge is 0.399 e. The molecule has 0 aliphatic carbocycles. The molecule has 4 N–H and O–H groups in total. The number of aliphatic hydroxyl groups excluding tert-OH is 1. The number of anilines is 1. The van der Waals surface area contributed by atoms with E-state index in [0.717, 1.165) is 0 Å². The molecule has 1 aromatic carbocycles. The van der Waals surface area contributed by atoms with Crippen LogP contribution < -0.4 is 10.5 Å². The molecule has 0 radical (unpaired) electrons. The fourth-order valence-corrected chi connectivity index (χ4v) is 2.49. The number of nitrogens with one attached hydrogen (secondary N) is 1. The maximum absolute atomic E-state index is 11.8. The average molecular weight is 244 g/mol. The highest BCUT2D eigenvalue weighted by molar-refractivity contribution is 7.89. The van der Waals surface area contributed by atoms with E-state index in [9.17, 15) is 8.42 Å². The summed E-state index contributed by atoms with van der Waals surface area (Å²) in [7, 11) is -3.57. The third kappa shape index (κ3) is 3.19. The lowest BCUT2D eigenvalue weighted by Gasteiger charge is -2.14. The van der Waals surface area contributed by atoms with Crippen LogP contribution in [0.1, 0.15) is 13.3 Å². The summed E-state index contributed by atoms with van der Waals surface area (Å²) in [4.78, 5) is 0.147. The Morgan fingerprint density at radius 3 is 2.38 bits per heavy atom. The fraction of sp³-hybridized carbons (Fsp3) is 0.400. The van der Waals surface area contributed by atoms with Gasteiger partial charge < -0.3 is 10.8 Å². The Bertz CT molecular complexity index is 424. The average Bonchev–Trinajstić information content (AvgIpc) is 2.26. The molecule has 0 aliphatic heterocycles. The molecular weight excluding hydrogens is 228 g/mol. The normalized spacial score (nSPS) is 13.6. The second-order valence-corrected chi connectivity index (χ2v) is 5.19. The van der Waals surface area contributed by atoms with Gasteiger partial charge >= 0.3 is 0 Å². The van der Waals surface area contributed by atoms with Crippen LogP contribution >= 0.6 is 0 Å². The third-order valence-electron chi connectivity index (χ3n) is 2.23. The van der Waals surface area contributed by atoms with E-state index in [2.05, 4.69) is 4.72 Å². The lowest BCUT2D eigenvalue weighted by Crippen LogP contribution is -2.36. The van der Waals surface area contributed by atoms with Gasteiger partial charge in [-0.3, -0.25) is 0 Å². The molecule has 0 aliphatic rings. The molecule has 0 heterocycles. The van der Waals surface area contributed by atoms with Crippen LogP contribution in [0, 0.1) is 0 Å². The molecule has 1 rings (SSSR count). The number of nitrogen functional groups attached to an aromatic ring is 1. The van der Waals surface area contributed by atoms with E-state index < -0.39 is 16.1 Å². The van der Waals surface area contributed by atoms with Gasteiger partial charge in [0.25, 0.3) is 0 Å². The first-order chi connectivity index (χ1) is 7.49. The number of rotatable bonds is 5. The zero-order chi connectivity index (χ0) is 12.2. The van der Waals surface area contributed by atoms with Crippen LogP contribution in [0.2, 0.25) is 0 Å². The first-order valence-electron chi connectivity index (χ1n) is 4.98. The van der Waals surface area contributed by atoms with Crippen LogP contribution in [-0.2, 0) is 10.0 Å². The maximum atomic E-state index is 11.8. The fourth-order valence-electron chi connectivity index (χ4n) is 1.18. The minimum absolute atomic E-state index is 0.147. The second-order valence-electron chi connectivity index (χ2n) is 3.48. The van der Waals surface area contributed by atoms with Crippen molar-refractivity contribution >= 4 is 15.7 Å². The van der Waals surface area contributed by atoms with Crippen LogP contribution in [0.15, 0.2) is 29.2 Å². The van der Waals surface area contributed by atoms with Gasteiger partial charge in [0.15, 0.2) is 0 Å². The molecule has 16 heavy (non-hydrogen) atoms. The van der Waals surface area contributed by atoms with Crippen LogP contribution in [0.4, 0.5) is 5.69 Å². The first kappa shape index (κ1) is 13.0. The molecule has 1 atom stereocenters. The lowest BCUT2D eigenvalue weighted by molar-refractivity contribution is 0.254. The Hall–Kier alpha value is -1.11. The van der Waals surface area contributed by atoms with Gasteiger partial charge in [0.1, 0.15) is 0 Å². The molecule has 0 unspecified atom stereocenters. The molecule has 0 spiro atoms. The zero-order valence-corrected chi connectivity index (χ0v) is 9.87. The van der Waals surface area contributed by atoms with Gasteiger partial charge in [0, 0.05) is 11.7 Å². The van der Waals surface area contributed by atoms with Crippen molar-refractivity contribution in [2.45, 2.75) is 24.3 Å². The van der Waals surface area contributed by atoms with E-state index in [1.807, 2.05) is 0 Å². The van der Waals surface area contributed by atoms with Gasteiger partial charge in [-0.1, -0.05) is 6.92 Å². The molecule has 1 aromatic rings. The third-order valence-corrected chi connectivity index (χ3v) is 3.76. The molecule has 0 amide bonds. The Kier molecular flexibility index (Phi) is 4.28. The monoisotopic (exact) mass is 244 g/mol. The van der Waals surface area contributed by atoms with Crippen molar-refractivity contribution in [1.29, 1.82) is 0 Å². The minimum atomic E-state index is -3.57. The van der Waals surface area contributed by atoms with Crippen molar-refractivity contribution in [3.63, 3.8) is 0 Å². The van der Waals surface area contributed by atoms with Gasteiger partial charge in [-0.25, -0.2) is 13.1 Å². The summed E-state index contributed by atoms with van der Waals surface area (Å²) in [6.07, 6.45) is 0.532. The standard InChI is InChI=1S/C10H16N2O3S/c1-2-9(7-13)12-16(14,15)10-5-3-8(11)4-6-10/h3-6,9,12-13H,2,7,11H2,1H3/t9-/m0/s1. The number of hydrogen-bond acceptors (Lipinski definition) is 4. The maximum Gasteiger partial charge on any atom is 0.240 e. The Labute approximate surface area is 95.3 Å². The summed E-state index contributed by atoms with van der Waals surface area (Å²) in [5, 5.41) is 8.93. The van der Waals surface area contributed by atoms with Crippen LogP contribution in [-0.4, -0.2) is 26.2 Å². The molecule has 90 valence electrons. The summed E-state index contributed by atoms with van der Waals surface area (Å²) in [6.45, 7) is 1.58. The van der Waals surface area contributed by atoms with E-state index in [1.165, 1.54) is 24.3 Å². The van der Waals surface area contributed by atoms with E-state index in [0.29, 0.717) is 12.1 Å². The Balaban J connectivity index is 2.89. The minimum Gasteiger partial charge on any atom is -0.399 e. The number of nitrogens with two attached hydrogens (primary N) is 1. The van der Waals surface area contributed by atoms with Crippen molar-refractivity contribution in [3.8, 4) is 0 Å². The van der Waals surface area contributed by atoms with Crippen LogP contribution in [0.5, 0.6) is 0 Å². The van der Waals surface area contributed by atoms with Gasteiger partial charge in [0.2, 0.25) is 10.0 Å². The summed E-state index contributed by atoms with van der Waals surface area (Å²) in [5.41, 5.74) is 5.98. The van der Waals surface area contributed by atoms with Gasteiger partial charge in [-0.15, -0.1) is 0 Å². The predicted molar refractivity (Wildman–Crippen MR) is 62.3 cm³/mol. The number of aliphatic hydroxyl groups is 1. The number of hydrogen-bond donors (Lipinski definition) is 3. The van der Waals surface area contributed by atoms with Gasteiger partial charge in [-0.05, 0) is 30.7 Å². The summed E-state index contributed by atoms with van der Waals surface area (Å²) in [5.74, 6) is 0. The molecule has 0 bridgehead atoms. The SMILES string of the molecule is CC[C@@H](CO)NS(=O)(=O)c1ccc(N)cc1. The molecule has 5 nitrogen and oxygen atoms in total. The van der Waals surface area contributed by atoms with E-state index in [4.69, 9.17) is 10.8 Å². The molecule has 0 aromatic heterocycles. The first-order valence-corrected chi connectivity index (χ1v) is 6.46. The van der Waals surface area contributed by atoms with E-state index in [-0.39, 0.29) is 11.5 Å². The topological polar surface area (TPSA) is 92.4 Å². The smallest absolute Gasteiger partial charge is 0.240 e. The molecule has 0 saturated heterocycles. The van der Waals surface area contributed by atoms with Crippen molar-refractivity contribution in [2.24, 2.45) is 0 Å². The van der Waals surface area contributed by atoms with E-state index >= 15 is 0 Å². The predicted octanol–water partition coefficient (Wildman–Crippen LogP) is 0.318. The number of sulfonamides is 1. The molecule has 0 saturated carbocycles. The Morgan fingerprint density at radius 2 is 1.94 bits per heavy atom. The van der Waals surface area contributed by atoms with Crippen LogP contribution in [0.25, 0.3) is 0 Å². The quantitative estimate of drug-likeness (QED) is 0.650. The summed E-state index contributed by atoms with van der Waals surface area (Å²) in [6, 6.07) is 5.45. The molecule has 0 fully saturated rings. The molecule has 6 heteroatoms. The number of benzene rings is 1. The van der Waals surface area contributed by atoms with Crippen molar-refractivity contribution in [2.75, 3.05) is 12.3 Å². The van der Waals surface area contributed by atoms with Crippen molar-refractivity contribution in [3.05, 3.63) is 24.3 Å². The summed E-state index contributed by atoms with van der Waals surface area (Å²) >= 11 is 0. The van der Waals surface area contributed by atoms with Crippen molar-refractivity contribution < 1.29 is 13.5 Å².